The average molecular weight is 351 g/mol. The molecule has 0 radical (unpaired) electrons. The molecule has 4 rings (SSSR count). The second-order valence-corrected chi connectivity index (χ2v) is 6.44. The first-order chi connectivity index (χ1) is 12.8. The maximum Gasteiger partial charge on any atom is 0.220 e. The number of nitrogens with zero attached hydrogens (tertiary/aromatic N) is 5. The second-order valence-electron chi connectivity index (χ2n) is 6.44. The summed E-state index contributed by atoms with van der Waals surface area (Å²) in [4.78, 5) is 20.5. The first-order valence-electron chi connectivity index (χ1n) is 8.92. The Bertz CT molecular complexity index is 885. The summed E-state index contributed by atoms with van der Waals surface area (Å²) in [6.07, 6.45) is 10.4. The van der Waals surface area contributed by atoms with Crippen LogP contribution in [0.4, 0.5) is 0 Å². The van der Waals surface area contributed by atoms with Gasteiger partial charge in [-0.25, -0.2) is 14.6 Å². The fourth-order valence-corrected chi connectivity index (χ4v) is 3.36. The average Bonchev–Trinajstić information content (AvgIpc) is 3.35. The van der Waals surface area contributed by atoms with Gasteiger partial charge in [-0.1, -0.05) is 6.07 Å². The van der Waals surface area contributed by atoms with Gasteiger partial charge in [-0.15, -0.1) is 0 Å². The minimum Gasteiger partial charge on any atom is -0.352 e. The number of hydrogen-bond acceptors (Lipinski definition) is 5. The number of aryl methyl sites for hydroxylation is 2. The fraction of sp³-hybridized carbons (Fsp3) is 0.389. The molecule has 0 aromatic carbocycles. The number of pyridine rings is 1. The molecule has 1 amide bonds. The lowest BCUT2D eigenvalue weighted by Gasteiger charge is -2.11. The van der Waals surface area contributed by atoms with Gasteiger partial charge >= 0.3 is 0 Å². The SMILES string of the molecule is O=C(CCc1n[nH]c2c1CCCC2)NCc1cccnc1-n1cncn1. The smallest absolute Gasteiger partial charge is 0.220 e. The zero-order chi connectivity index (χ0) is 17.8. The quantitative estimate of drug-likeness (QED) is 0.701. The molecule has 0 spiro atoms. The van der Waals surface area contributed by atoms with Gasteiger partial charge in [0, 0.05) is 36.8 Å². The molecule has 8 nitrogen and oxygen atoms in total. The van der Waals surface area contributed by atoms with Gasteiger partial charge in [0.15, 0.2) is 5.82 Å². The van der Waals surface area contributed by atoms with Crippen molar-refractivity contribution in [3.05, 3.63) is 53.5 Å². The standard InChI is InChI=1S/C18H21N7O/c26-17(8-7-16-14-5-1-2-6-15(14)23-24-16)21-10-13-4-3-9-20-18(13)25-12-19-11-22-25/h3-4,9,11-12H,1-2,5-8,10H2,(H,21,26)(H,23,24). The number of amides is 1. The molecular formula is C18H21N7O. The number of carbonyl (C=O) groups excluding carboxylic acids is 1. The molecule has 0 saturated heterocycles. The molecule has 2 N–H and O–H groups in total. The Morgan fingerprint density at radius 2 is 2.23 bits per heavy atom. The van der Waals surface area contributed by atoms with Crippen molar-refractivity contribution in [3.8, 4) is 5.82 Å². The molecule has 3 heterocycles. The van der Waals surface area contributed by atoms with Crippen LogP contribution in [0.5, 0.6) is 0 Å². The van der Waals surface area contributed by atoms with Crippen molar-refractivity contribution in [1.82, 2.24) is 35.3 Å². The number of hydrogen-bond donors (Lipinski definition) is 2. The number of aromatic amines is 1. The van der Waals surface area contributed by atoms with Crippen LogP contribution in [0.1, 0.15) is 41.8 Å². The molecule has 0 bridgehead atoms. The fourth-order valence-electron chi connectivity index (χ4n) is 3.36. The van der Waals surface area contributed by atoms with Crippen molar-refractivity contribution in [2.45, 2.75) is 45.1 Å². The third-order valence-electron chi connectivity index (χ3n) is 4.71. The van der Waals surface area contributed by atoms with E-state index in [9.17, 15) is 4.79 Å². The maximum atomic E-state index is 12.3. The Balaban J connectivity index is 1.34. The lowest BCUT2D eigenvalue weighted by molar-refractivity contribution is -0.121. The van der Waals surface area contributed by atoms with E-state index in [1.807, 2.05) is 12.1 Å². The predicted octanol–water partition coefficient (Wildman–Crippen LogP) is 1.51. The van der Waals surface area contributed by atoms with Crippen LogP contribution in [0.3, 0.4) is 0 Å². The third kappa shape index (κ3) is 3.49. The summed E-state index contributed by atoms with van der Waals surface area (Å²) in [5.74, 6) is 0.678. The van der Waals surface area contributed by atoms with Crippen LogP contribution >= 0.6 is 0 Å². The highest BCUT2D eigenvalue weighted by molar-refractivity contribution is 5.76. The summed E-state index contributed by atoms with van der Waals surface area (Å²) in [6, 6.07) is 3.77. The number of rotatable bonds is 6. The molecule has 0 fully saturated rings. The normalized spacial score (nSPS) is 13.4. The van der Waals surface area contributed by atoms with Crippen LogP contribution in [0, 0.1) is 0 Å². The van der Waals surface area contributed by atoms with Crippen molar-refractivity contribution in [1.29, 1.82) is 0 Å². The van der Waals surface area contributed by atoms with Crippen molar-refractivity contribution in [2.75, 3.05) is 0 Å². The van der Waals surface area contributed by atoms with Gasteiger partial charge in [-0.2, -0.15) is 10.2 Å². The number of H-pyrrole nitrogens is 1. The highest BCUT2D eigenvalue weighted by Crippen LogP contribution is 2.22. The largest absolute Gasteiger partial charge is 0.352 e. The van der Waals surface area contributed by atoms with Crippen molar-refractivity contribution >= 4 is 5.91 Å². The first kappa shape index (κ1) is 16.4. The topological polar surface area (TPSA) is 101 Å². The van der Waals surface area contributed by atoms with E-state index in [1.54, 1.807) is 17.2 Å². The maximum absolute atomic E-state index is 12.3. The summed E-state index contributed by atoms with van der Waals surface area (Å²) < 4.78 is 1.59. The van der Waals surface area contributed by atoms with E-state index in [1.165, 1.54) is 30.4 Å². The highest BCUT2D eigenvalue weighted by Gasteiger charge is 2.17. The summed E-state index contributed by atoms with van der Waals surface area (Å²) >= 11 is 0. The Hall–Kier alpha value is -3.03. The Kier molecular flexibility index (Phi) is 4.72. The van der Waals surface area contributed by atoms with Crippen molar-refractivity contribution in [3.63, 3.8) is 0 Å². The lowest BCUT2D eigenvalue weighted by atomic mass is 9.94. The molecule has 1 aliphatic rings. The Morgan fingerprint density at radius 3 is 3.12 bits per heavy atom. The summed E-state index contributed by atoms with van der Waals surface area (Å²) in [6.45, 7) is 0.403. The second kappa shape index (κ2) is 7.47. The van der Waals surface area contributed by atoms with E-state index in [-0.39, 0.29) is 5.91 Å². The van der Waals surface area contributed by atoms with E-state index < -0.39 is 0 Å². The van der Waals surface area contributed by atoms with Gasteiger partial charge < -0.3 is 5.32 Å². The number of nitrogens with one attached hydrogen (secondary N) is 2. The van der Waals surface area contributed by atoms with Crippen molar-refractivity contribution < 1.29 is 4.79 Å². The zero-order valence-corrected chi connectivity index (χ0v) is 14.5. The molecule has 3 aromatic heterocycles. The van der Waals surface area contributed by atoms with Gasteiger partial charge in [0.25, 0.3) is 0 Å². The summed E-state index contributed by atoms with van der Waals surface area (Å²) in [5.41, 5.74) is 4.51. The van der Waals surface area contributed by atoms with E-state index in [4.69, 9.17) is 0 Å². The van der Waals surface area contributed by atoms with Crippen LogP contribution in [0.25, 0.3) is 5.82 Å². The summed E-state index contributed by atoms with van der Waals surface area (Å²) in [7, 11) is 0. The lowest BCUT2D eigenvalue weighted by Crippen LogP contribution is -2.24. The van der Waals surface area contributed by atoms with E-state index in [2.05, 4.69) is 30.6 Å². The van der Waals surface area contributed by atoms with Gasteiger partial charge in [0.05, 0.1) is 5.69 Å². The van der Waals surface area contributed by atoms with Crippen LogP contribution in [0.15, 0.2) is 31.0 Å². The monoisotopic (exact) mass is 351 g/mol. The molecule has 8 heteroatoms. The number of fused-ring (bicyclic) bond motifs is 1. The molecule has 134 valence electrons. The molecular weight excluding hydrogens is 330 g/mol. The van der Waals surface area contributed by atoms with Crippen LogP contribution < -0.4 is 5.32 Å². The highest BCUT2D eigenvalue weighted by atomic mass is 16.1. The molecule has 0 unspecified atom stereocenters. The van der Waals surface area contributed by atoms with Crippen LogP contribution in [-0.4, -0.2) is 35.9 Å². The third-order valence-corrected chi connectivity index (χ3v) is 4.71. The van der Waals surface area contributed by atoms with Crippen LogP contribution in [-0.2, 0) is 30.6 Å². The van der Waals surface area contributed by atoms with E-state index in [0.717, 1.165) is 24.1 Å². The minimum absolute atomic E-state index is 0.00551. The molecule has 0 saturated carbocycles. The number of aromatic nitrogens is 6. The molecule has 26 heavy (non-hydrogen) atoms. The van der Waals surface area contributed by atoms with Gasteiger partial charge in [0.2, 0.25) is 5.91 Å². The van der Waals surface area contributed by atoms with Gasteiger partial charge in [0.1, 0.15) is 12.7 Å². The van der Waals surface area contributed by atoms with Crippen molar-refractivity contribution in [2.24, 2.45) is 0 Å². The Morgan fingerprint density at radius 1 is 1.31 bits per heavy atom. The van der Waals surface area contributed by atoms with E-state index >= 15 is 0 Å². The van der Waals surface area contributed by atoms with Crippen LogP contribution in [0.2, 0.25) is 0 Å². The molecule has 1 aliphatic carbocycles. The van der Waals surface area contributed by atoms with E-state index in [0.29, 0.717) is 25.2 Å². The molecule has 3 aromatic rings. The summed E-state index contributed by atoms with van der Waals surface area (Å²) in [5, 5.41) is 14.6. The predicted molar refractivity (Wildman–Crippen MR) is 94.6 cm³/mol. The minimum atomic E-state index is 0.00551. The molecule has 0 aliphatic heterocycles. The van der Waals surface area contributed by atoms with Gasteiger partial charge in [-0.3, -0.25) is 9.89 Å². The Labute approximate surface area is 151 Å². The molecule has 0 atom stereocenters. The first-order valence-corrected chi connectivity index (χ1v) is 8.92. The number of carbonyl (C=O) groups is 1. The zero-order valence-electron chi connectivity index (χ0n) is 14.5. The van der Waals surface area contributed by atoms with Gasteiger partial charge in [-0.05, 0) is 37.3 Å².